The molecule has 0 aromatic heterocycles. The predicted molar refractivity (Wildman–Crippen MR) is 95.0 cm³/mol. The van der Waals surface area contributed by atoms with E-state index in [1.54, 1.807) is 0 Å². The van der Waals surface area contributed by atoms with Crippen LogP contribution >= 0.6 is 0 Å². The van der Waals surface area contributed by atoms with E-state index in [0.29, 0.717) is 13.2 Å². The summed E-state index contributed by atoms with van der Waals surface area (Å²) in [5, 5.41) is 3.42. The smallest absolute Gasteiger partial charge is 0.253 e. The van der Waals surface area contributed by atoms with E-state index in [0.717, 1.165) is 39.1 Å². The first-order chi connectivity index (χ1) is 11.7. The molecule has 5 nitrogen and oxygen atoms in total. The van der Waals surface area contributed by atoms with E-state index in [2.05, 4.69) is 48.3 Å². The van der Waals surface area contributed by atoms with E-state index in [-0.39, 0.29) is 18.1 Å². The number of benzene rings is 1. The summed E-state index contributed by atoms with van der Waals surface area (Å²) in [7, 11) is 0. The number of hydrogen-bond acceptors (Lipinski definition) is 4. The van der Waals surface area contributed by atoms with Crippen molar-refractivity contribution in [2.24, 2.45) is 0 Å². The van der Waals surface area contributed by atoms with E-state index < -0.39 is 0 Å². The van der Waals surface area contributed by atoms with Crippen molar-refractivity contribution < 1.29 is 9.53 Å². The van der Waals surface area contributed by atoms with Crippen LogP contribution in [0.2, 0.25) is 0 Å². The maximum atomic E-state index is 13.1. The SMILES string of the molecule is CCc1ccc(C2CNCCN2C(=O)C2CN(CC)CCO2)cc1. The number of hydrogen-bond donors (Lipinski definition) is 1. The number of rotatable bonds is 4. The number of morpholine rings is 1. The molecule has 1 aromatic rings. The Kier molecular flexibility index (Phi) is 5.87. The van der Waals surface area contributed by atoms with Gasteiger partial charge in [-0.25, -0.2) is 0 Å². The lowest BCUT2D eigenvalue weighted by atomic mass is 10.00. The molecule has 2 heterocycles. The fourth-order valence-electron chi connectivity index (χ4n) is 3.57. The number of nitrogens with one attached hydrogen (secondary N) is 1. The topological polar surface area (TPSA) is 44.8 Å². The van der Waals surface area contributed by atoms with Crippen LogP contribution in [-0.2, 0) is 16.0 Å². The van der Waals surface area contributed by atoms with Gasteiger partial charge in [-0.1, -0.05) is 38.1 Å². The Balaban J connectivity index is 1.74. The summed E-state index contributed by atoms with van der Waals surface area (Å²) in [4.78, 5) is 17.4. The van der Waals surface area contributed by atoms with E-state index in [1.165, 1.54) is 11.1 Å². The Hall–Kier alpha value is -1.43. The molecule has 2 aliphatic rings. The molecule has 24 heavy (non-hydrogen) atoms. The lowest BCUT2D eigenvalue weighted by Crippen LogP contribution is -2.56. The number of aryl methyl sites for hydroxylation is 1. The second-order valence-corrected chi connectivity index (χ2v) is 6.60. The first-order valence-electron chi connectivity index (χ1n) is 9.17. The maximum Gasteiger partial charge on any atom is 0.253 e. The molecule has 2 unspecified atom stereocenters. The van der Waals surface area contributed by atoms with E-state index >= 15 is 0 Å². The normalized spacial score (nSPS) is 25.7. The third-order valence-electron chi connectivity index (χ3n) is 5.17. The number of ether oxygens (including phenoxy) is 1. The molecule has 2 aliphatic heterocycles. The van der Waals surface area contributed by atoms with Gasteiger partial charge >= 0.3 is 0 Å². The number of amides is 1. The molecule has 0 saturated carbocycles. The average molecular weight is 331 g/mol. The molecule has 2 fully saturated rings. The Morgan fingerprint density at radius 2 is 2.04 bits per heavy atom. The summed E-state index contributed by atoms with van der Waals surface area (Å²) in [6.07, 6.45) is 0.712. The highest BCUT2D eigenvalue weighted by Gasteiger charge is 2.35. The van der Waals surface area contributed by atoms with Crippen LogP contribution in [0.1, 0.15) is 31.0 Å². The van der Waals surface area contributed by atoms with Gasteiger partial charge in [0.1, 0.15) is 6.10 Å². The summed E-state index contributed by atoms with van der Waals surface area (Å²) in [6.45, 7) is 9.93. The molecule has 0 aliphatic carbocycles. The molecule has 1 aromatic carbocycles. The number of carbonyl (C=O) groups excluding carboxylic acids is 1. The van der Waals surface area contributed by atoms with E-state index in [9.17, 15) is 4.79 Å². The average Bonchev–Trinajstić information content (AvgIpc) is 2.67. The molecule has 5 heteroatoms. The molecule has 132 valence electrons. The van der Waals surface area contributed by atoms with Crippen LogP contribution in [0.4, 0.5) is 0 Å². The van der Waals surface area contributed by atoms with Crippen LogP contribution < -0.4 is 5.32 Å². The van der Waals surface area contributed by atoms with Gasteiger partial charge < -0.3 is 15.0 Å². The van der Waals surface area contributed by atoms with Crippen LogP contribution in [-0.4, -0.2) is 67.7 Å². The maximum absolute atomic E-state index is 13.1. The van der Waals surface area contributed by atoms with Crippen molar-refractivity contribution in [3.05, 3.63) is 35.4 Å². The van der Waals surface area contributed by atoms with Gasteiger partial charge in [0.2, 0.25) is 0 Å². The lowest BCUT2D eigenvalue weighted by Gasteiger charge is -2.40. The molecule has 1 amide bonds. The van der Waals surface area contributed by atoms with Crippen LogP contribution in [0.15, 0.2) is 24.3 Å². The number of carbonyl (C=O) groups is 1. The Bertz CT molecular complexity index is 546. The van der Waals surface area contributed by atoms with Gasteiger partial charge in [0, 0.05) is 32.7 Å². The first-order valence-corrected chi connectivity index (χ1v) is 9.17. The minimum absolute atomic E-state index is 0.0951. The predicted octanol–water partition coefficient (Wildman–Crippen LogP) is 1.44. The number of nitrogens with zero attached hydrogens (tertiary/aromatic N) is 2. The van der Waals surface area contributed by atoms with Crippen LogP contribution in [0.5, 0.6) is 0 Å². The molecule has 3 rings (SSSR count). The Morgan fingerprint density at radius 1 is 1.25 bits per heavy atom. The molecular formula is C19H29N3O2. The molecule has 2 saturated heterocycles. The van der Waals surface area contributed by atoms with Crippen molar-refractivity contribution in [3.63, 3.8) is 0 Å². The molecule has 2 atom stereocenters. The summed E-state index contributed by atoms with van der Waals surface area (Å²) >= 11 is 0. The minimum atomic E-state index is -0.325. The van der Waals surface area contributed by atoms with Gasteiger partial charge in [-0.2, -0.15) is 0 Å². The van der Waals surface area contributed by atoms with Crippen molar-refractivity contribution in [3.8, 4) is 0 Å². The lowest BCUT2D eigenvalue weighted by molar-refractivity contribution is -0.152. The third kappa shape index (κ3) is 3.79. The van der Waals surface area contributed by atoms with Crippen molar-refractivity contribution in [2.45, 2.75) is 32.4 Å². The monoisotopic (exact) mass is 331 g/mol. The molecule has 0 bridgehead atoms. The second-order valence-electron chi connectivity index (χ2n) is 6.60. The molecule has 0 radical (unpaired) electrons. The van der Waals surface area contributed by atoms with E-state index in [4.69, 9.17) is 4.74 Å². The molecular weight excluding hydrogens is 302 g/mol. The van der Waals surface area contributed by atoms with Crippen molar-refractivity contribution in [1.29, 1.82) is 0 Å². The quantitative estimate of drug-likeness (QED) is 0.907. The van der Waals surface area contributed by atoms with Crippen molar-refractivity contribution >= 4 is 5.91 Å². The van der Waals surface area contributed by atoms with Crippen molar-refractivity contribution in [2.75, 3.05) is 45.9 Å². The first kappa shape index (κ1) is 17.4. The van der Waals surface area contributed by atoms with Gasteiger partial charge in [0.25, 0.3) is 5.91 Å². The fraction of sp³-hybridized carbons (Fsp3) is 0.632. The highest BCUT2D eigenvalue weighted by molar-refractivity contribution is 5.82. The fourth-order valence-corrected chi connectivity index (χ4v) is 3.57. The zero-order valence-corrected chi connectivity index (χ0v) is 14.8. The summed E-state index contributed by atoms with van der Waals surface area (Å²) < 4.78 is 5.79. The van der Waals surface area contributed by atoms with Crippen LogP contribution in [0.25, 0.3) is 0 Å². The molecule has 0 spiro atoms. The molecule has 1 N–H and O–H groups in total. The second kappa shape index (κ2) is 8.10. The Morgan fingerprint density at radius 3 is 2.75 bits per heavy atom. The Labute approximate surface area is 145 Å². The summed E-state index contributed by atoms with van der Waals surface area (Å²) in [6, 6.07) is 8.76. The van der Waals surface area contributed by atoms with Gasteiger partial charge in [-0.05, 0) is 24.1 Å². The number of likely N-dealkylation sites (N-methyl/N-ethyl adjacent to an activating group) is 1. The summed E-state index contributed by atoms with van der Waals surface area (Å²) in [5.74, 6) is 0.138. The van der Waals surface area contributed by atoms with Gasteiger partial charge in [-0.3, -0.25) is 9.69 Å². The van der Waals surface area contributed by atoms with Gasteiger partial charge in [0.05, 0.1) is 12.6 Å². The highest BCUT2D eigenvalue weighted by Crippen LogP contribution is 2.24. The standard InChI is InChI=1S/C19H29N3O2/c1-3-15-5-7-16(8-6-15)17-13-20-9-10-22(17)19(23)18-14-21(4-2)11-12-24-18/h5-8,17-18,20H,3-4,9-14H2,1-2H3. The zero-order chi connectivity index (χ0) is 16.9. The zero-order valence-electron chi connectivity index (χ0n) is 14.8. The van der Waals surface area contributed by atoms with Gasteiger partial charge in [-0.15, -0.1) is 0 Å². The minimum Gasteiger partial charge on any atom is -0.366 e. The number of piperazine rings is 1. The summed E-state index contributed by atoms with van der Waals surface area (Å²) in [5.41, 5.74) is 2.53. The van der Waals surface area contributed by atoms with Crippen LogP contribution in [0, 0.1) is 0 Å². The largest absolute Gasteiger partial charge is 0.366 e. The van der Waals surface area contributed by atoms with Gasteiger partial charge in [0.15, 0.2) is 0 Å². The third-order valence-corrected chi connectivity index (χ3v) is 5.17. The van der Waals surface area contributed by atoms with Crippen LogP contribution in [0.3, 0.4) is 0 Å². The van der Waals surface area contributed by atoms with E-state index in [1.807, 2.05) is 4.90 Å². The van der Waals surface area contributed by atoms with Crippen molar-refractivity contribution in [1.82, 2.24) is 15.1 Å². The highest BCUT2D eigenvalue weighted by atomic mass is 16.5.